The van der Waals surface area contributed by atoms with Crippen LogP contribution in [0, 0.1) is 0 Å². The molecule has 3 aromatic carbocycles. The lowest BCUT2D eigenvalue weighted by molar-refractivity contribution is -0.151. The highest BCUT2D eigenvalue weighted by molar-refractivity contribution is 6.11. The van der Waals surface area contributed by atoms with Gasteiger partial charge in [-0.25, -0.2) is 0 Å². The summed E-state index contributed by atoms with van der Waals surface area (Å²) in [5.74, 6) is 1.17. The zero-order valence-electron chi connectivity index (χ0n) is 26.1. The minimum atomic E-state index is -0.320. The molecule has 0 heterocycles. The summed E-state index contributed by atoms with van der Waals surface area (Å²) in [5.41, 5.74) is 0. The quantitative estimate of drug-likeness (QED) is 0.0756. The van der Waals surface area contributed by atoms with Crippen LogP contribution >= 0.6 is 0 Å². The third-order valence-corrected chi connectivity index (χ3v) is 7.64. The van der Waals surface area contributed by atoms with E-state index in [1.807, 2.05) is 62.4 Å². The lowest BCUT2D eigenvalue weighted by Crippen LogP contribution is -2.25. The Morgan fingerprint density at radius 2 is 0.905 bits per heavy atom. The number of benzene rings is 3. The summed E-state index contributed by atoms with van der Waals surface area (Å²) < 4.78 is 24.4. The zero-order valence-corrected chi connectivity index (χ0v) is 26.1. The van der Waals surface area contributed by atoms with Crippen molar-refractivity contribution in [3.63, 3.8) is 0 Å². The van der Waals surface area contributed by atoms with Crippen molar-refractivity contribution in [2.24, 2.45) is 0 Å². The Morgan fingerprint density at radius 3 is 1.21 bits per heavy atom. The van der Waals surface area contributed by atoms with Gasteiger partial charge in [0.1, 0.15) is 36.9 Å². The molecule has 0 radical (unpaired) electrons. The molecule has 0 saturated carbocycles. The van der Waals surface area contributed by atoms with Gasteiger partial charge in [-0.05, 0) is 25.7 Å². The lowest BCUT2D eigenvalue weighted by atomic mass is 10.0. The molecule has 0 aromatic heterocycles. The molecule has 0 aliphatic heterocycles. The third kappa shape index (κ3) is 9.92. The van der Waals surface area contributed by atoms with E-state index >= 15 is 0 Å². The Hall–Kier alpha value is -3.28. The molecule has 0 aliphatic carbocycles. The molecular formula is C36H50O6. The number of esters is 2. The second-order valence-corrected chi connectivity index (χ2v) is 11.0. The number of carbonyl (C=O) groups excluding carboxylic acids is 2. The molecule has 230 valence electrons. The predicted molar refractivity (Wildman–Crippen MR) is 170 cm³/mol. The monoisotopic (exact) mass is 578 g/mol. The molecule has 0 amide bonds. The highest BCUT2D eigenvalue weighted by Gasteiger charge is 2.20. The first-order valence-electron chi connectivity index (χ1n) is 16.1. The molecule has 2 unspecified atom stereocenters. The summed E-state index contributed by atoms with van der Waals surface area (Å²) in [6.07, 6.45) is 9.96. The van der Waals surface area contributed by atoms with Crippen molar-refractivity contribution in [3.05, 3.63) is 48.5 Å². The van der Waals surface area contributed by atoms with Gasteiger partial charge >= 0.3 is 11.9 Å². The van der Waals surface area contributed by atoms with Crippen LogP contribution in [0.5, 0.6) is 11.5 Å². The van der Waals surface area contributed by atoms with E-state index in [0.717, 1.165) is 84.4 Å². The largest absolute Gasteiger partial charge is 0.488 e. The minimum Gasteiger partial charge on any atom is -0.488 e. The van der Waals surface area contributed by atoms with Crippen LogP contribution in [0.2, 0.25) is 0 Å². The van der Waals surface area contributed by atoms with Gasteiger partial charge in [0.2, 0.25) is 0 Å². The van der Waals surface area contributed by atoms with Crippen LogP contribution in [0.15, 0.2) is 48.5 Å². The van der Waals surface area contributed by atoms with Gasteiger partial charge in [0, 0.05) is 34.4 Å². The van der Waals surface area contributed by atoms with Crippen LogP contribution in [0.3, 0.4) is 0 Å². The number of unbranched alkanes of at least 4 members (excludes halogenated alkanes) is 6. The van der Waals surface area contributed by atoms with E-state index in [4.69, 9.17) is 18.9 Å². The van der Waals surface area contributed by atoms with E-state index in [1.54, 1.807) is 0 Å². The number of hydrogen-bond acceptors (Lipinski definition) is 6. The summed E-state index contributed by atoms with van der Waals surface area (Å²) in [6.45, 7) is 8.88. The Morgan fingerprint density at radius 1 is 0.548 bits per heavy atom. The van der Waals surface area contributed by atoms with Crippen molar-refractivity contribution >= 4 is 33.5 Å². The Balaban J connectivity index is 1.76. The maximum absolute atomic E-state index is 12.4. The first-order chi connectivity index (χ1) is 20.5. The Bertz CT molecular complexity index is 1100. The van der Waals surface area contributed by atoms with Crippen molar-refractivity contribution in [3.8, 4) is 11.5 Å². The SMILES string of the molecule is CCCCCCC(=O)OC(CC)COc1c2ccccc2c(OCC(CC)OC(=O)CCCCCC)c2ccccc12. The molecule has 0 spiro atoms. The number of carbonyl (C=O) groups is 2. The fourth-order valence-electron chi connectivity index (χ4n) is 5.06. The smallest absolute Gasteiger partial charge is 0.306 e. The van der Waals surface area contributed by atoms with Gasteiger partial charge in [0.05, 0.1) is 0 Å². The van der Waals surface area contributed by atoms with E-state index in [9.17, 15) is 9.59 Å². The minimum absolute atomic E-state index is 0.160. The molecule has 6 heteroatoms. The molecule has 0 N–H and O–H groups in total. The van der Waals surface area contributed by atoms with E-state index < -0.39 is 0 Å². The number of ether oxygens (including phenoxy) is 4. The molecule has 6 nitrogen and oxygen atoms in total. The number of fused-ring (bicyclic) bond motifs is 2. The van der Waals surface area contributed by atoms with Gasteiger partial charge < -0.3 is 18.9 Å². The summed E-state index contributed by atoms with van der Waals surface area (Å²) in [4.78, 5) is 24.9. The van der Waals surface area contributed by atoms with Gasteiger partial charge in [-0.15, -0.1) is 0 Å². The first kappa shape index (κ1) is 33.2. The third-order valence-electron chi connectivity index (χ3n) is 7.64. The maximum atomic E-state index is 12.4. The molecule has 0 saturated heterocycles. The first-order valence-corrected chi connectivity index (χ1v) is 16.1. The van der Waals surface area contributed by atoms with Crippen LogP contribution in [-0.2, 0) is 19.1 Å². The molecule has 0 bridgehead atoms. The zero-order chi connectivity index (χ0) is 30.2. The second kappa shape index (κ2) is 18.3. The lowest BCUT2D eigenvalue weighted by Gasteiger charge is -2.22. The van der Waals surface area contributed by atoms with Crippen molar-refractivity contribution in [1.82, 2.24) is 0 Å². The van der Waals surface area contributed by atoms with Crippen molar-refractivity contribution in [2.45, 2.75) is 117 Å². The maximum Gasteiger partial charge on any atom is 0.306 e. The summed E-state index contributed by atoms with van der Waals surface area (Å²) >= 11 is 0. The highest BCUT2D eigenvalue weighted by Crippen LogP contribution is 2.43. The average molecular weight is 579 g/mol. The van der Waals surface area contributed by atoms with Gasteiger partial charge in [0.15, 0.2) is 0 Å². The summed E-state index contributed by atoms with van der Waals surface area (Å²) in [7, 11) is 0. The fraction of sp³-hybridized carbons (Fsp3) is 0.556. The molecule has 0 aliphatic rings. The van der Waals surface area contributed by atoms with E-state index in [0.29, 0.717) is 25.7 Å². The van der Waals surface area contributed by atoms with Crippen LogP contribution in [0.1, 0.15) is 105 Å². The molecule has 42 heavy (non-hydrogen) atoms. The molecule has 3 rings (SSSR count). The molecule has 3 aromatic rings. The average Bonchev–Trinajstić information content (AvgIpc) is 3.01. The summed E-state index contributed by atoms with van der Waals surface area (Å²) in [5, 5.41) is 3.70. The van der Waals surface area contributed by atoms with Crippen molar-refractivity contribution in [2.75, 3.05) is 13.2 Å². The highest BCUT2D eigenvalue weighted by atomic mass is 16.6. The predicted octanol–water partition coefficient (Wildman–Crippen LogP) is 9.34. The molecule has 2 atom stereocenters. The molecule has 0 fully saturated rings. The standard InChI is InChI=1S/C36H50O6/c1-5-9-11-13-23-33(37)41-27(7-3)25-39-35-29-19-15-17-21-31(29)36(32-22-18-16-20-30(32)35)40-26-28(8-4)42-34(38)24-14-12-10-6-2/h15-22,27-28H,5-14,23-26H2,1-4H3. The van der Waals surface area contributed by atoms with Gasteiger partial charge in [-0.1, -0.05) is 115 Å². The Kier molecular flexibility index (Phi) is 14.5. The van der Waals surface area contributed by atoms with Crippen molar-refractivity contribution in [1.29, 1.82) is 0 Å². The molecular weight excluding hydrogens is 528 g/mol. The van der Waals surface area contributed by atoms with Crippen LogP contribution < -0.4 is 9.47 Å². The fourth-order valence-corrected chi connectivity index (χ4v) is 5.06. The van der Waals surface area contributed by atoms with Crippen LogP contribution in [-0.4, -0.2) is 37.4 Å². The van der Waals surface area contributed by atoms with Gasteiger partial charge in [-0.3, -0.25) is 9.59 Å². The number of hydrogen-bond donors (Lipinski definition) is 0. The van der Waals surface area contributed by atoms with Crippen LogP contribution in [0.25, 0.3) is 21.5 Å². The summed E-state index contributed by atoms with van der Waals surface area (Å²) in [6, 6.07) is 16.0. The van der Waals surface area contributed by atoms with Gasteiger partial charge in [-0.2, -0.15) is 0 Å². The van der Waals surface area contributed by atoms with Crippen molar-refractivity contribution < 1.29 is 28.5 Å². The van der Waals surface area contributed by atoms with Gasteiger partial charge in [0.25, 0.3) is 0 Å². The number of rotatable bonds is 20. The van der Waals surface area contributed by atoms with E-state index in [1.165, 1.54) is 0 Å². The van der Waals surface area contributed by atoms with E-state index in [2.05, 4.69) is 13.8 Å². The van der Waals surface area contributed by atoms with Crippen LogP contribution in [0.4, 0.5) is 0 Å². The second-order valence-electron chi connectivity index (χ2n) is 11.0. The topological polar surface area (TPSA) is 71.1 Å². The Labute approximate surface area is 252 Å². The van der Waals surface area contributed by atoms with E-state index in [-0.39, 0.29) is 37.4 Å². The normalized spacial score (nSPS) is 12.7.